The van der Waals surface area contributed by atoms with Crippen LogP contribution in [0.5, 0.6) is 0 Å². The lowest BCUT2D eigenvalue weighted by Crippen LogP contribution is -2.27. The van der Waals surface area contributed by atoms with Gasteiger partial charge in [0.25, 0.3) is 0 Å². The molecule has 0 saturated heterocycles. The van der Waals surface area contributed by atoms with E-state index in [0.717, 1.165) is 6.42 Å². The molecule has 18 heavy (non-hydrogen) atoms. The Hall–Kier alpha value is -1.14. The quantitative estimate of drug-likeness (QED) is 0.820. The van der Waals surface area contributed by atoms with Gasteiger partial charge in [-0.3, -0.25) is 0 Å². The molecule has 100 valence electrons. The highest BCUT2D eigenvalue weighted by molar-refractivity contribution is 7.89. The third-order valence-corrected chi connectivity index (χ3v) is 4.67. The second kappa shape index (κ2) is 5.24. The Kier molecular flexibility index (Phi) is 3.87. The largest absolute Gasteiger partial charge is 0.369 e. The van der Waals surface area contributed by atoms with Gasteiger partial charge in [0.2, 0.25) is 10.0 Å². The second-order valence-electron chi connectivity index (χ2n) is 4.71. The van der Waals surface area contributed by atoms with Crippen LogP contribution >= 0.6 is 0 Å². The summed E-state index contributed by atoms with van der Waals surface area (Å²) < 4.78 is 27.0. The van der Waals surface area contributed by atoms with Crippen LogP contribution in [0.25, 0.3) is 0 Å². The fourth-order valence-corrected chi connectivity index (χ4v) is 3.11. The highest BCUT2D eigenvalue weighted by Crippen LogP contribution is 2.37. The zero-order valence-corrected chi connectivity index (χ0v) is 11.5. The molecule has 6 heteroatoms. The van der Waals surface area contributed by atoms with Crippen molar-refractivity contribution in [3.05, 3.63) is 18.3 Å². The maximum Gasteiger partial charge on any atom is 0.244 e. The summed E-state index contributed by atoms with van der Waals surface area (Å²) in [6.45, 7) is 5.20. The van der Waals surface area contributed by atoms with Gasteiger partial charge >= 0.3 is 0 Å². The molecule has 1 fully saturated rings. The van der Waals surface area contributed by atoms with E-state index >= 15 is 0 Å². The molecule has 1 aliphatic carbocycles. The van der Waals surface area contributed by atoms with Gasteiger partial charge in [-0.2, -0.15) is 0 Å². The highest BCUT2D eigenvalue weighted by atomic mass is 32.2. The average molecular weight is 269 g/mol. The molecular weight excluding hydrogens is 250 g/mol. The van der Waals surface area contributed by atoms with E-state index in [2.05, 4.69) is 21.9 Å². The van der Waals surface area contributed by atoms with E-state index < -0.39 is 10.0 Å². The lowest BCUT2D eigenvalue weighted by molar-refractivity contribution is 0.574. The summed E-state index contributed by atoms with van der Waals surface area (Å²) in [5.41, 5.74) is 0. The Morgan fingerprint density at radius 2 is 2.22 bits per heavy atom. The second-order valence-corrected chi connectivity index (χ2v) is 6.44. The molecule has 1 heterocycles. The molecule has 0 amide bonds. The summed E-state index contributed by atoms with van der Waals surface area (Å²) in [7, 11) is -3.47. The summed E-state index contributed by atoms with van der Waals surface area (Å²) in [6, 6.07) is 3.21. The number of sulfonamides is 1. The topological polar surface area (TPSA) is 71.1 Å². The first kappa shape index (κ1) is 13.3. The summed E-state index contributed by atoms with van der Waals surface area (Å²) in [5.74, 6) is 1.53. The standard InChI is InChI=1S/C12H19N3O2S/c1-3-13-12-11(5-4-6-14-12)18(16,17)15-8-10-7-9(10)2/h4-6,9-10,15H,3,7-8H2,1-2H3,(H,13,14). The molecule has 2 unspecified atom stereocenters. The number of rotatable bonds is 6. The Bertz CT molecular complexity index is 516. The zero-order chi connectivity index (χ0) is 13.2. The minimum atomic E-state index is -3.47. The molecule has 0 aromatic carbocycles. The molecule has 2 N–H and O–H groups in total. The SMILES string of the molecule is CCNc1ncccc1S(=O)(=O)NCC1CC1C. The summed E-state index contributed by atoms with van der Waals surface area (Å²) >= 11 is 0. The van der Waals surface area contributed by atoms with E-state index in [9.17, 15) is 8.42 Å². The maximum absolute atomic E-state index is 12.2. The third-order valence-electron chi connectivity index (χ3n) is 3.22. The molecule has 1 aromatic rings. The van der Waals surface area contributed by atoms with Gasteiger partial charge in [-0.05, 0) is 37.3 Å². The molecule has 0 spiro atoms. The van der Waals surface area contributed by atoms with E-state index in [1.54, 1.807) is 18.3 Å². The van der Waals surface area contributed by atoms with Crippen LogP contribution in [0.2, 0.25) is 0 Å². The molecule has 1 aliphatic rings. The van der Waals surface area contributed by atoms with Crippen molar-refractivity contribution in [1.29, 1.82) is 0 Å². The lowest BCUT2D eigenvalue weighted by Gasteiger charge is -2.10. The van der Waals surface area contributed by atoms with Crippen molar-refractivity contribution in [1.82, 2.24) is 9.71 Å². The highest BCUT2D eigenvalue weighted by Gasteiger charge is 2.33. The van der Waals surface area contributed by atoms with Gasteiger partial charge in [0, 0.05) is 19.3 Å². The van der Waals surface area contributed by atoms with Crippen LogP contribution in [0.4, 0.5) is 5.82 Å². The number of anilines is 1. The average Bonchev–Trinajstić information content (AvgIpc) is 3.04. The van der Waals surface area contributed by atoms with Gasteiger partial charge < -0.3 is 5.32 Å². The Morgan fingerprint density at radius 1 is 1.50 bits per heavy atom. The molecule has 2 rings (SSSR count). The molecule has 2 atom stereocenters. The first-order valence-electron chi connectivity index (χ1n) is 6.23. The molecule has 0 radical (unpaired) electrons. The van der Waals surface area contributed by atoms with E-state index in [1.165, 1.54) is 0 Å². The Balaban J connectivity index is 2.12. The Labute approximate surface area is 108 Å². The zero-order valence-electron chi connectivity index (χ0n) is 10.7. The van der Waals surface area contributed by atoms with Crippen LogP contribution in [-0.2, 0) is 10.0 Å². The van der Waals surface area contributed by atoms with Crippen molar-refractivity contribution in [2.24, 2.45) is 11.8 Å². The number of hydrogen-bond donors (Lipinski definition) is 2. The minimum Gasteiger partial charge on any atom is -0.369 e. The number of nitrogens with zero attached hydrogens (tertiary/aromatic N) is 1. The molecule has 1 saturated carbocycles. The fourth-order valence-electron chi connectivity index (χ4n) is 1.89. The van der Waals surface area contributed by atoms with Gasteiger partial charge in [0.1, 0.15) is 10.7 Å². The van der Waals surface area contributed by atoms with Crippen molar-refractivity contribution in [3.63, 3.8) is 0 Å². The van der Waals surface area contributed by atoms with E-state index in [4.69, 9.17) is 0 Å². The van der Waals surface area contributed by atoms with E-state index in [1.807, 2.05) is 6.92 Å². The monoisotopic (exact) mass is 269 g/mol. The summed E-state index contributed by atoms with van der Waals surface area (Å²) in [6.07, 6.45) is 2.69. The molecule has 1 aromatic heterocycles. The van der Waals surface area contributed by atoms with Crippen LogP contribution < -0.4 is 10.0 Å². The van der Waals surface area contributed by atoms with Crippen LogP contribution in [0.3, 0.4) is 0 Å². The molecule has 5 nitrogen and oxygen atoms in total. The lowest BCUT2D eigenvalue weighted by atomic mass is 10.3. The summed E-state index contributed by atoms with van der Waals surface area (Å²) in [5, 5.41) is 2.96. The predicted molar refractivity (Wildman–Crippen MR) is 70.9 cm³/mol. The predicted octanol–water partition coefficient (Wildman–Crippen LogP) is 1.45. The molecule has 0 bridgehead atoms. The van der Waals surface area contributed by atoms with Crippen molar-refractivity contribution in [2.45, 2.75) is 25.2 Å². The van der Waals surface area contributed by atoms with Gasteiger partial charge in [0.15, 0.2) is 0 Å². The number of pyridine rings is 1. The van der Waals surface area contributed by atoms with Crippen molar-refractivity contribution < 1.29 is 8.42 Å². The number of hydrogen-bond acceptors (Lipinski definition) is 4. The summed E-state index contributed by atoms with van der Waals surface area (Å²) in [4.78, 5) is 4.28. The minimum absolute atomic E-state index is 0.222. The van der Waals surface area contributed by atoms with E-state index in [-0.39, 0.29) is 4.90 Å². The van der Waals surface area contributed by atoms with Crippen molar-refractivity contribution in [2.75, 3.05) is 18.4 Å². The van der Waals surface area contributed by atoms with Crippen LogP contribution in [-0.4, -0.2) is 26.5 Å². The smallest absolute Gasteiger partial charge is 0.244 e. The fraction of sp³-hybridized carbons (Fsp3) is 0.583. The van der Waals surface area contributed by atoms with Crippen molar-refractivity contribution in [3.8, 4) is 0 Å². The third kappa shape index (κ3) is 3.00. The number of aromatic nitrogens is 1. The maximum atomic E-state index is 12.2. The first-order valence-corrected chi connectivity index (χ1v) is 7.71. The van der Waals surface area contributed by atoms with Gasteiger partial charge in [0.05, 0.1) is 0 Å². The first-order chi connectivity index (χ1) is 8.54. The van der Waals surface area contributed by atoms with Crippen LogP contribution in [0.1, 0.15) is 20.3 Å². The van der Waals surface area contributed by atoms with Gasteiger partial charge in [-0.25, -0.2) is 18.1 Å². The van der Waals surface area contributed by atoms with Crippen LogP contribution in [0.15, 0.2) is 23.2 Å². The Morgan fingerprint density at radius 3 is 2.83 bits per heavy atom. The number of nitrogens with one attached hydrogen (secondary N) is 2. The van der Waals surface area contributed by atoms with E-state index in [0.29, 0.717) is 30.7 Å². The molecular formula is C12H19N3O2S. The van der Waals surface area contributed by atoms with Crippen LogP contribution in [0, 0.1) is 11.8 Å². The normalized spacial score (nSPS) is 22.8. The van der Waals surface area contributed by atoms with Gasteiger partial charge in [-0.1, -0.05) is 6.92 Å². The van der Waals surface area contributed by atoms with Crippen molar-refractivity contribution >= 4 is 15.8 Å². The van der Waals surface area contributed by atoms with Gasteiger partial charge in [-0.15, -0.1) is 0 Å². The molecule has 0 aliphatic heterocycles.